The SMILES string of the molecule is O=C(Cn1cnc2ccc(F)cc2c1=O)Nc1ccc(OCC(F)(F)F)nc1. The molecule has 3 rings (SSSR count). The van der Waals surface area contributed by atoms with Gasteiger partial charge in [-0.1, -0.05) is 0 Å². The van der Waals surface area contributed by atoms with Crippen LogP contribution in [0, 0.1) is 5.82 Å². The molecule has 2 heterocycles. The van der Waals surface area contributed by atoms with E-state index in [1.807, 2.05) is 0 Å². The highest BCUT2D eigenvalue weighted by Crippen LogP contribution is 2.18. The predicted molar refractivity (Wildman–Crippen MR) is 90.4 cm³/mol. The predicted octanol–water partition coefficient (Wildman–Crippen LogP) is 2.51. The summed E-state index contributed by atoms with van der Waals surface area (Å²) in [6, 6.07) is 6.01. The normalized spacial score (nSPS) is 11.4. The van der Waals surface area contributed by atoms with E-state index in [4.69, 9.17) is 0 Å². The van der Waals surface area contributed by atoms with E-state index in [9.17, 15) is 27.2 Å². The molecular weight excluding hydrogens is 384 g/mol. The van der Waals surface area contributed by atoms with Gasteiger partial charge < -0.3 is 10.1 Å². The van der Waals surface area contributed by atoms with Crippen molar-refractivity contribution in [3.8, 4) is 5.88 Å². The number of amides is 1. The number of halogens is 4. The highest BCUT2D eigenvalue weighted by molar-refractivity contribution is 5.90. The van der Waals surface area contributed by atoms with Crippen LogP contribution in [-0.2, 0) is 11.3 Å². The van der Waals surface area contributed by atoms with Gasteiger partial charge in [-0.3, -0.25) is 14.2 Å². The number of anilines is 1. The van der Waals surface area contributed by atoms with Crippen molar-refractivity contribution in [1.82, 2.24) is 14.5 Å². The summed E-state index contributed by atoms with van der Waals surface area (Å²) < 4.78 is 55.0. The molecule has 146 valence electrons. The number of pyridine rings is 1. The van der Waals surface area contributed by atoms with Gasteiger partial charge in [-0.25, -0.2) is 14.4 Å². The number of carbonyl (C=O) groups excluding carboxylic acids is 1. The van der Waals surface area contributed by atoms with E-state index in [0.717, 1.165) is 29.2 Å². The lowest BCUT2D eigenvalue weighted by Gasteiger charge is -2.10. The minimum atomic E-state index is -4.49. The Kier molecular flexibility index (Phi) is 5.25. The largest absolute Gasteiger partial charge is 0.468 e. The van der Waals surface area contributed by atoms with Gasteiger partial charge in [-0.15, -0.1) is 0 Å². The topological polar surface area (TPSA) is 86.1 Å². The molecule has 0 aliphatic heterocycles. The standard InChI is InChI=1S/C17H12F4N4O3/c18-10-1-3-13-12(5-10)16(27)25(9-23-13)7-14(26)24-11-2-4-15(22-6-11)28-8-17(19,20)21/h1-6,9H,7-8H2,(H,24,26). The van der Waals surface area contributed by atoms with Crippen LogP contribution >= 0.6 is 0 Å². The van der Waals surface area contributed by atoms with Crippen LogP contribution in [0.15, 0.2) is 47.7 Å². The fraction of sp³-hybridized carbons (Fsp3) is 0.176. The molecule has 0 fully saturated rings. The lowest BCUT2D eigenvalue weighted by atomic mass is 10.2. The molecule has 3 aromatic rings. The van der Waals surface area contributed by atoms with E-state index in [-0.39, 0.29) is 17.0 Å². The molecule has 7 nitrogen and oxygen atoms in total. The Morgan fingerprint density at radius 2 is 1.96 bits per heavy atom. The zero-order valence-corrected chi connectivity index (χ0v) is 14.0. The van der Waals surface area contributed by atoms with Gasteiger partial charge in [0, 0.05) is 6.07 Å². The van der Waals surface area contributed by atoms with Gasteiger partial charge in [-0.2, -0.15) is 13.2 Å². The van der Waals surface area contributed by atoms with E-state index in [0.29, 0.717) is 5.52 Å². The van der Waals surface area contributed by atoms with Crippen LogP contribution in [-0.4, -0.2) is 33.2 Å². The minimum Gasteiger partial charge on any atom is -0.468 e. The average Bonchev–Trinajstić information content (AvgIpc) is 2.63. The maximum Gasteiger partial charge on any atom is 0.422 e. The van der Waals surface area contributed by atoms with Crippen LogP contribution in [0.4, 0.5) is 23.2 Å². The van der Waals surface area contributed by atoms with Crippen LogP contribution in [0.5, 0.6) is 5.88 Å². The Hall–Kier alpha value is -3.50. The number of fused-ring (bicyclic) bond motifs is 1. The van der Waals surface area contributed by atoms with E-state index in [2.05, 4.69) is 20.0 Å². The number of aromatic nitrogens is 3. The van der Waals surface area contributed by atoms with Gasteiger partial charge in [0.2, 0.25) is 11.8 Å². The van der Waals surface area contributed by atoms with Gasteiger partial charge in [0.05, 0.1) is 29.1 Å². The number of carbonyl (C=O) groups is 1. The molecule has 0 saturated carbocycles. The molecular formula is C17H12F4N4O3. The molecule has 28 heavy (non-hydrogen) atoms. The first-order chi connectivity index (χ1) is 13.2. The molecule has 1 N–H and O–H groups in total. The number of nitrogens with one attached hydrogen (secondary N) is 1. The quantitative estimate of drug-likeness (QED) is 0.670. The fourth-order valence-electron chi connectivity index (χ4n) is 2.29. The van der Waals surface area contributed by atoms with Crippen LogP contribution in [0.3, 0.4) is 0 Å². The van der Waals surface area contributed by atoms with Gasteiger partial charge in [0.15, 0.2) is 6.61 Å². The Balaban J connectivity index is 1.66. The number of benzene rings is 1. The Labute approximate surface area is 154 Å². The molecule has 0 saturated heterocycles. The zero-order valence-electron chi connectivity index (χ0n) is 14.0. The summed E-state index contributed by atoms with van der Waals surface area (Å²) in [4.78, 5) is 32.1. The zero-order chi connectivity index (χ0) is 20.3. The molecule has 2 aromatic heterocycles. The molecule has 11 heteroatoms. The van der Waals surface area contributed by atoms with Crippen molar-refractivity contribution in [2.45, 2.75) is 12.7 Å². The third kappa shape index (κ3) is 4.81. The summed E-state index contributed by atoms with van der Waals surface area (Å²) in [5.41, 5.74) is -0.104. The van der Waals surface area contributed by atoms with Crippen molar-refractivity contribution in [2.24, 2.45) is 0 Å². The van der Waals surface area contributed by atoms with Crippen molar-refractivity contribution in [3.63, 3.8) is 0 Å². The summed E-state index contributed by atoms with van der Waals surface area (Å²) in [6.45, 7) is -1.88. The van der Waals surface area contributed by atoms with Crippen molar-refractivity contribution >= 4 is 22.5 Å². The summed E-state index contributed by atoms with van der Waals surface area (Å²) in [6.07, 6.45) is -2.21. The second-order valence-electron chi connectivity index (χ2n) is 5.68. The number of rotatable bonds is 5. The number of hydrogen-bond donors (Lipinski definition) is 1. The third-order valence-corrected chi connectivity index (χ3v) is 3.50. The molecule has 0 radical (unpaired) electrons. The smallest absolute Gasteiger partial charge is 0.422 e. The minimum absolute atomic E-state index is 0.0307. The summed E-state index contributed by atoms with van der Waals surface area (Å²) in [5, 5.41) is 2.47. The molecule has 0 atom stereocenters. The molecule has 1 aromatic carbocycles. The first-order valence-electron chi connectivity index (χ1n) is 7.81. The summed E-state index contributed by atoms with van der Waals surface area (Å²) in [7, 11) is 0. The highest BCUT2D eigenvalue weighted by Gasteiger charge is 2.28. The van der Waals surface area contributed by atoms with Crippen molar-refractivity contribution in [2.75, 3.05) is 11.9 Å². The molecule has 0 aliphatic carbocycles. The van der Waals surface area contributed by atoms with Crippen molar-refractivity contribution in [1.29, 1.82) is 0 Å². The molecule has 0 bridgehead atoms. The van der Waals surface area contributed by atoms with E-state index in [1.165, 1.54) is 18.2 Å². The van der Waals surface area contributed by atoms with Crippen LogP contribution in [0.25, 0.3) is 10.9 Å². The maximum atomic E-state index is 13.3. The van der Waals surface area contributed by atoms with Crippen LogP contribution in [0.2, 0.25) is 0 Å². The highest BCUT2D eigenvalue weighted by atomic mass is 19.4. The van der Waals surface area contributed by atoms with E-state index >= 15 is 0 Å². The number of hydrogen-bond acceptors (Lipinski definition) is 5. The van der Waals surface area contributed by atoms with Gasteiger partial charge in [-0.05, 0) is 24.3 Å². The fourth-order valence-corrected chi connectivity index (χ4v) is 2.29. The maximum absolute atomic E-state index is 13.3. The Bertz CT molecular complexity index is 1060. The molecule has 0 aliphatic rings. The lowest BCUT2D eigenvalue weighted by molar-refractivity contribution is -0.154. The number of nitrogens with zero attached hydrogens (tertiary/aromatic N) is 3. The number of alkyl halides is 3. The Morgan fingerprint density at radius 3 is 2.64 bits per heavy atom. The monoisotopic (exact) mass is 396 g/mol. The molecule has 0 unspecified atom stereocenters. The van der Waals surface area contributed by atoms with Gasteiger partial charge in [0.25, 0.3) is 5.56 Å². The van der Waals surface area contributed by atoms with Gasteiger partial charge >= 0.3 is 6.18 Å². The second kappa shape index (κ2) is 7.62. The summed E-state index contributed by atoms with van der Waals surface area (Å²) in [5.74, 6) is -1.47. The number of ether oxygens (including phenoxy) is 1. The first-order valence-corrected chi connectivity index (χ1v) is 7.81. The van der Waals surface area contributed by atoms with Crippen LogP contribution < -0.4 is 15.6 Å². The van der Waals surface area contributed by atoms with Crippen molar-refractivity contribution < 1.29 is 27.1 Å². The molecule has 0 spiro atoms. The van der Waals surface area contributed by atoms with Gasteiger partial charge in [0.1, 0.15) is 12.4 Å². The summed E-state index contributed by atoms with van der Waals surface area (Å²) >= 11 is 0. The van der Waals surface area contributed by atoms with Crippen LogP contribution in [0.1, 0.15) is 0 Å². The lowest BCUT2D eigenvalue weighted by Crippen LogP contribution is -2.28. The first kappa shape index (κ1) is 19.3. The average molecular weight is 396 g/mol. The van der Waals surface area contributed by atoms with Crippen molar-refractivity contribution in [3.05, 3.63) is 59.0 Å². The molecule has 1 amide bonds. The second-order valence-corrected chi connectivity index (χ2v) is 5.68. The van der Waals surface area contributed by atoms with E-state index in [1.54, 1.807) is 0 Å². The third-order valence-electron chi connectivity index (χ3n) is 3.50. The Morgan fingerprint density at radius 1 is 1.18 bits per heavy atom. The van der Waals surface area contributed by atoms with E-state index < -0.39 is 36.6 Å².